The quantitative estimate of drug-likeness (QED) is 0.0166. The number of carbonyl (C=O) groups is 2. The Morgan fingerprint density at radius 3 is 1.63 bits per heavy atom. The van der Waals surface area contributed by atoms with Crippen LogP contribution in [0.15, 0.2) is 109 Å². The lowest BCUT2D eigenvalue weighted by atomic mass is 10.1. The van der Waals surface area contributed by atoms with Gasteiger partial charge in [0, 0.05) is 12.8 Å². The van der Waals surface area contributed by atoms with E-state index in [0.29, 0.717) is 32.1 Å². The Labute approximate surface area is 324 Å². The first-order valence-electron chi connectivity index (χ1n) is 19.4. The molecule has 0 aliphatic heterocycles. The Kier molecular flexibility index (Phi) is 34.3. The predicted octanol–water partition coefficient (Wildman–Crippen LogP) is 9.56. The second kappa shape index (κ2) is 36.6. The van der Waals surface area contributed by atoms with E-state index in [-0.39, 0.29) is 12.8 Å². The molecule has 0 saturated heterocycles. The highest BCUT2D eigenvalue weighted by molar-refractivity contribution is 7.46. The van der Waals surface area contributed by atoms with Crippen LogP contribution in [-0.4, -0.2) is 63.5 Å². The molecule has 0 aromatic rings. The van der Waals surface area contributed by atoms with E-state index in [0.717, 1.165) is 57.8 Å². The number of hydrogen-bond donors (Lipinski definition) is 4. The van der Waals surface area contributed by atoms with Crippen molar-refractivity contribution in [2.75, 3.05) is 13.2 Å². The zero-order chi connectivity index (χ0) is 40.0. The summed E-state index contributed by atoms with van der Waals surface area (Å²) in [5, 5.41) is 20.0. The van der Waals surface area contributed by atoms with Crippen molar-refractivity contribution in [3.05, 3.63) is 109 Å². The van der Waals surface area contributed by atoms with Gasteiger partial charge in [0.25, 0.3) is 0 Å². The van der Waals surface area contributed by atoms with Gasteiger partial charge in [-0.05, 0) is 70.6 Å². The highest BCUT2D eigenvalue weighted by atomic mass is 31.2. The van der Waals surface area contributed by atoms with Crippen LogP contribution in [0, 0.1) is 0 Å². The Hall–Kier alpha value is -3.37. The van der Waals surface area contributed by atoms with Crippen molar-refractivity contribution in [2.24, 2.45) is 0 Å². The molecule has 0 rings (SSSR count). The van der Waals surface area contributed by atoms with E-state index >= 15 is 0 Å². The van der Waals surface area contributed by atoms with E-state index in [1.807, 2.05) is 42.5 Å². The molecule has 3 atom stereocenters. The van der Waals surface area contributed by atoms with Gasteiger partial charge in [-0.1, -0.05) is 142 Å². The Morgan fingerprint density at radius 1 is 0.593 bits per heavy atom. The third-order valence-electron chi connectivity index (χ3n) is 7.48. The van der Waals surface area contributed by atoms with E-state index in [1.165, 1.54) is 0 Å². The molecule has 10 nitrogen and oxygen atoms in total. The fourth-order valence-electron chi connectivity index (χ4n) is 4.56. The predicted molar refractivity (Wildman–Crippen MR) is 218 cm³/mol. The summed E-state index contributed by atoms with van der Waals surface area (Å²) in [6.45, 7) is 3.20. The van der Waals surface area contributed by atoms with Crippen LogP contribution in [-0.2, 0) is 28.2 Å². The van der Waals surface area contributed by atoms with Crippen LogP contribution in [0.25, 0.3) is 0 Å². The van der Waals surface area contributed by atoms with Crippen molar-refractivity contribution in [2.45, 2.75) is 135 Å². The molecule has 0 heterocycles. The number of hydrogen-bond acceptors (Lipinski definition) is 8. The van der Waals surface area contributed by atoms with Crippen LogP contribution in [0.2, 0.25) is 0 Å². The summed E-state index contributed by atoms with van der Waals surface area (Å²) in [5.41, 5.74) is 0. The lowest BCUT2D eigenvalue weighted by molar-refractivity contribution is -0.161. The van der Waals surface area contributed by atoms with Crippen molar-refractivity contribution >= 4 is 19.8 Å². The Morgan fingerprint density at radius 2 is 1.09 bits per heavy atom. The highest BCUT2D eigenvalue weighted by Crippen LogP contribution is 2.35. The lowest BCUT2D eigenvalue weighted by Gasteiger charge is -2.18. The van der Waals surface area contributed by atoms with Gasteiger partial charge in [-0.15, -0.1) is 0 Å². The molecule has 54 heavy (non-hydrogen) atoms. The zero-order valence-electron chi connectivity index (χ0n) is 32.5. The molecule has 0 bridgehead atoms. The van der Waals surface area contributed by atoms with Gasteiger partial charge in [-0.3, -0.25) is 14.1 Å². The number of aliphatic hydroxyl groups excluding tert-OH is 2. The summed E-state index contributed by atoms with van der Waals surface area (Å²) in [4.78, 5) is 42.7. The summed E-state index contributed by atoms with van der Waals surface area (Å²) in [7, 11) is -4.83. The average Bonchev–Trinajstić information content (AvgIpc) is 3.13. The molecule has 0 radical (unpaired) electrons. The Balaban J connectivity index is 4.33. The topological polar surface area (TPSA) is 160 Å². The lowest BCUT2D eigenvalue weighted by Crippen LogP contribution is -2.29. The van der Waals surface area contributed by atoms with Gasteiger partial charge in [-0.25, -0.2) is 4.57 Å². The summed E-state index contributed by atoms with van der Waals surface area (Å²) >= 11 is 0. The SMILES string of the molecule is CC/C=C\C/C=C\C/C=C\C/C=C\C/C=C\CCCC(=O)O[C@H](COC(=O)CCC[C@@H](O)/C=C/C=C\C/C=C\C=C\[C@@H](O)CCCCC)COP(=O)(O)O. The first kappa shape index (κ1) is 50.6. The Bertz CT molecular complexity index is 1270. The summed E-state index contributed by atoms with van der Waals surface area (Å²) in [5.74, 6) is -1.20. The minimum absolute atomic E-state index is 0.000380. The van der Waals surface area contributed by atoms with Crippen molar-refractivity contribution in [3.63, 3.8) is 0 Å². The second-order valence-corrected chi connectivity index (χ2v) is 13.8. The van der Waals surface area contributed by atoms with E-state index in [9.17, 15) is 24.4 Å². The monoisotopic (exact) mass is 774 g/mol. The van der Waals surface area contributed by atoms with Crippen molar-refractivity contribution < 1.29 is 48.2 Å². The fraction of sp³-hybridized carbons (Fsp3) is 0.535. The molecule has 0 aromatic carbocycles. The van der Waals surface area contributed by atoms with Gasteiger partial charge in [0.1, 0.15) is 6.61 Å². The summed E-state index contributed by atoms with van der Waals surface area (Å²) in [6.07, 6.45) is 44.6. The molecule has 0 unspecified atom stereocenters. The molecule has 0 aromatic heterocycles. The van der Waals surface area contributed by atoms with E-state index in [1.54, 1.807) is 18.2 Å². The van der Waals surface area contributed by atoms with Gasteiger partial charge >= 0.3 is 19.8 Å². The summed E-state index contributed by atoms with van der Waals surface area (Å²) in [6, 6.07) is 0. The maximum Gasteiger partial charge on any atom is 0.469 e. The molecular formula is C43H67O10P. The van der Waals surface area contributed by atoms with Crippen LogP contribution >= 0.6 is 7.82 Å². The molecular weight excluding hydrogens is 707 g/mol. The maximum absolute atomic E-state index is 12.4. The number of rotatable bonds is 33. The normalized spacial score (nSPS) is 14.9. The van der Waals surface area contributed by atoms with Crippen molar-refractivity contribution in [1.82, 2.24) is 0 Å². The highest BCUT2D eigenvalue weighted by Gasteiger charge is 2.23. The largest absolute Gasteiger partial charge is 0.469 e. The minimum Gasteiger partial charge on any atom is -0.462 e. The number of ether oxygens (including phenoxy) is 2. The van der Waals surface area contributed by atoms with Gasteiger partial charge in [0.05, 0.1) is 18.8 Å². The van der Waals surface area contributed by atoms with E-state index in [2.05, 4.69) is 67.0 Å². The van der Waals surface area contributed by atoms with Gasteiger partial charge in [-0.2, -0.15) is 0 Å². The minimum atomic E-state index is -4.83. The third-order valence-corrected chi connectivity index (χ3v) is 7.97. The first-order valence-corrected chi connectivity index (χ1v) is 20.9. The molecule has 0 saturated carbocycles. The fourth-order valence-corrected chi connectivity index (χ4v) is 4.92. The van der Waals surface area contributed by atoms with Crippen LogP contribution in [0.1, 0.15) is 117 Å². The number of aliphatic hydroxyl groups is 2. The molecule has 0 spiro atoms. The van der Waals surface area contributed by atoms with E-state index < -0.39 is 51.3 Å². The smallest absolute Gasteiger partial charge is 0.462 e. The number of carbonyl (C=O) groups excluding carboxylic acids is 2. The second-order valence-electron chi connectivity index (χ2n) is 12.6. The van der Waals surface area contributed by atoms with Gasteiger partial charge in [0.15, 0.2) is 6.10 Å². The molecule has 0 aliphatic carbocycles. The van der Waals surface area contributed by atoms with Gasteiger partial charge in [0.2, 0.25) is 0 Å². The number of esters is 2. The molecule has 0 fully saturated rings. The van der Waals surface area contributed by atoms with Crippen molar-refractivity contribution in [1.29, 1.82) is 0 Å². The third kappa shape index (κ3) is 38.4. The summed E-state index contributed by atoms with van der Waals surface area (Å²) < 4.78 is 26.1. The number of phosphoric acid groups is 1. The zero-order valence-corrected chi connectivity index (χ0v) is 33.4. The van der Waals surface area contributed by atoms with Crippen LogP contribution < -0.4 is 0 Å². The standard InChI is InChI=1S/C43H67O10P/c1-3-5-7-8-9-10-11-12-13-14-15-16-17-18-22-25-29-35-43(47)53-41(38-52-54(48,49)50)37-51-42(46)36-30-34-40(45)33-28-24-21-19-20-23-27-32-39(44)31-26-6-4-2/h5,7,9-10,12-13,15-16,18,20-24,27-28,32-33,39-41,44-45H,3-4,6,8,11,14,17,19,25-26,29-31,34-38H2,1-2H3,(H2,48,49,50)/b7-5-,10-9-,13-12-,16-15-,22-18-,23-20-,24-21-,32-27+,33-28+/t39-,40-,41+/m0/s1. The number of unbranched alkanes of at least 4 members (excludes halogenated alkanes) is 3. The van der Waals surface area contributed by atoms with E-state index in [4.69, 9.17) is 19.3 Å². The number of phosphoric ester groups is 1. The molecule has 0 amide bonds. The first-order chi connectivity index (χ1) is 26.1. The van der Waals surface area contributed by atoms with Crippen LogP contribution in [0.4, 0.5) is 0 Å². The molecule has 304 valence electrons. The van der Waals surface area contributed by atoms with Crippen LogP contribution in [0.3, 0.4) is 0 Å². The molecule has 4 N–H and O–H groups in total. The number of allylic oxidation sites excluding steroid dienone is 16. The maximum atomic E-state index is 12.4. The average molecular weight is 775 g/mol. The van der Waals surface area contributed by atoms with Gasteiger partial charge < -0.3 is 29.5 Å². The molecule has 0 aliphatic rings. The van der Waals surface area contributed by atoms with Crippen LogP contribution in [0.5, 0.6) is 0 Å². The van der Waals surface area contributed by atoms with Crippen molar-refractivity contribution in [3.8, 4) is 0 Å². The molecule has 11 heteroatoms.